The molecule has 2 aromatic heterocycles. The van der Waals surface area contributed by atoms with Crippen molar-refractivity contribution >= 4 is 29.4 Å². The van der Waals surface area contributed by atoms with Crippen LogP contribution in [-0.4, -0.2) is 47.4 Å². The largest absolute Gasteiger partial charge is 0.489 e. The number of nitrogens with zero attached hydrogens (tertiary/aromatic N) is 2. The molecule has 0 saturated heterocycles. The molecule has 8 nitrogen and oxygen atoms in total. The summed E-state index contributed by atoms with van der Waals surface area (Å²) in [5, 5.41) is 3.47. The predicted molar refractivity (Wildman–Crippen MR) is 120 cm³/mol. The van der Waals surface area contributed by atoms with Crippen molar-refractivity contribution in [3.05, 3.63) is 64.0 Å². The molecule has 188 valence electrons. The highest BCUT2D eigenvalue weighted by Gasteiger charge is 2.59. The molecule has 4 rings (SSSR count). The summed E-state index contributed by atoms with van der Waals surface area (Å²) >= 11 is 0.906. The molecule has 1 aliphatic heterocycles. The van der Waals surface area contributed by atoms with Gasteiger partial charge in [-0.25, -0.2) is 14.4 Å². The van der Waals surface area contributed by atoms with E-state index in [1.54, 1.807) is 0 Å². The average Bonchev–Trinajstić information content (AvgIpc) is 3.48. The molecule has 2 atom stereocenters. The molecule has 0 unspecified atom stereocenters. The van der Waals surface area contributed by atoms with Crippen LogP contribution in [0.5, 0.6) is 5.75 Å². The molecule has 0 bridgehead atoms. The van der Waals surface area contributed by atoms with Crippen LogP contribution >= 0.6 is 11.3 Å². The third kappa shape index (κ3) is 4.08. The Morgan fingerprint density at radius 2 is 1.97 bits per heavy atom. The Labute approximate surface area is 205 Å². The first-order valence-electron chi connectivity index (χ1n) is 10.4. The number of benzene rings is 1. The number of primary amides is 1. The highest BCUT2D eigenvalue weighted by atomic mass is 32.1. The summed E-state index contributed by atoms with van der Waals surface area (Å²) in [5.41, 5.74) is -0.0649. The first-order valence-corrected chi connectivity index (χ1v) is 11.3. The number of aldehydes is 1. The van der Waals surface area contributed by atoms with Crippen LogP contribution in [0.4, 0.5) is 17.6 Å². The van der Waals surface area contributed by atoms with Crippen LogP contribution in [-0.2, 0) is 20.4 Å². The van der Waals surface area contributed by atoms with E-state index >= 15 is 0 Å². The van der Waals surface area contributed by atoms with Crippen molar-refractivity contribution < 1.29 is 36.7 Å². The third-order valence-electron chi connectivity index (χ3n) is 6.05. The molecule has 0 fully saturated rings. The normalized spacial score (nSPS) is 18.6. The fourth-order valence-corrected chi connectivity index (χ4v) is 4.31. The van der Waals surface area contributed by atoms with Gasteiger partial charge in [0, 0.05) is 29.2 Å². The number of pyridine rings is 1. The topological polar surface area (TPSA) is 124 Å². The second-order valence-electron chi connectivity index (χ2n) is 8.33. The van der Waals surface area contributed by atoms with Crippen LogP contribution in [0.1, 0.15) is 28.0 Å². The Hall–Kier alpha value is -3.87. The molecular weight excluding hydrogens is 504 g/mol. The molecule has 36 heavy (non-hydrogen) atoms. The molecule has 3 heterocycles. The monoisotopic (exact) mass is 522 g/mol. The van der Waals surface area contributed by atoms with Crippen molar-refractivity contribution in [1.29, 1.82) is 0 Å². The summed E-state index contributed by atoms with van der Waals surface area (Å²) in [4.78, 5) is 44.6. The van der Waals surface area contributed by atoms with Gasteiger partial charge in [0.05, 0.1) is 5.69 Å². The second-order valence-corrected chi connectivity index (χ2v) is 9.23. The zero-order chi connectivity index (χ0) is 26.3. The van der Waals surface area contributed by atoms with Gasteiger partial charge in [0.15, 0.2) is 10.4 Å². The van der Waals surface area contributed by atoms with Crippen molar-refractivity contribution in [2.75, 3.05) is 13.2 Å². The van der Waals surface area contributed by atoms with Gasteiger partial charge in [-0.15, -0.1) is 11.3 Å². The number of carbonyl (C=O) groups excluding carboxylic acids is 3. The number of ether oxygens (including phenoxy) is 1. The number of alkyl halides is 3. The van der Waals surface area contributed by atoms with Gasteiger partial charge in [0.1, 0.15) is 35.6 Å². The van der Waals surface area contributed by atoms with Crippen LogP contribution in [0.15, 0.2) is 41.9 Å². The molecule has 0 saturated carbocycles. The maximum absolute atomic E-state index is 14.5. The third-order valence-corrected chi connectivity index (χ3v) is 6.82. The Kier molecular flexibility index (Phi) is 6.29. The van der Waals surface area contributed by atoms with E-state index in [9.17, 15) is 31.9 Å². The number of rotatable bonds is 7. The van der Waals surface area contributed by atoms with E-state index in [0.717, 1.165) is 29.5 Å². The van der Waals surface area contributed by atoms with Crippen LogP contribution in [0, 0.1) is 5.82 Å². The van der Waals surface area contributed by atoms with Crippen molar-refractivity contribution in [2.24, 2.45) is 5.73 Å². The fraction of sp³-hybridized carbons (Fsp3) is 0.261. The number of carbonyl (C=O) groups is 3. The van der Waals surface area contributed by atoms with E-state index < -0.39 is 46.9 Å². The van der Waals surface area contributed by atoms with Gasteiger partial charge in [-0.3, -0.25) is 9.59 Å². The standard InChI is InChI=1S/C23H18F4N4O4S/c1-21(20(28)34)11-35-17-14(21)8-15(31-16(17)12-2-4-13(24)5-3-12)22(10-32,23(25,26)27)9-30-18(33)19-29-6-7-36-19/h2-8,10H,9,11H2,1H3,(H2,28,34)(H,30,33)/t21-,22-/m0/s1. The minimum absolute atomic E-state index is 0.0129. The summed E-state index contributed by atoms with van der Waals surface area (Å²) in [7, 11) is 0. The molecule has 0 aliphatic carbocycles. The molecule has 13 heteroatoms. The summed E-state index contributed by atoms with van der Waals surface area (Å²) in [6.45, 7) is -0.0844. The second kappa shape index (κ2) is 8.97. The van der Waals surface area contributed by atoms with E-state index in [0.29, 0.717) is 0 Å². The predicted octanol–water partition coefficient (Wildman–Crippen LogP) is 2.91. The minimum Gasteiger partial charge on any atom is -0.489 e. The van der Waals surface area contributed by atoms with Gasteiger partial charge in [-0.05, 0) is 37.3 Å². The lowest BCUT2D eigenvalue weighted by molar-refractivity contribution is -0.186. The number of amides is 2. The van der Waals surface area contributed by atoms with Gasteiger partial charge < -0.3 is 20.6 Å². The summed E-state index contributed by atoms with van der Waals surface area (Å²) < 4.78 is 62.8. The molecule has 2 amide bonds. The first-order chi connectivity index (χ1) is 16.9. The molecule has 0 radical (unpaired) electrons. The highest BCUT2D eigenvalue weighted by Crippen LogP contribution is 2.48. The number of hydrogen-bond acceptors (Lipinski definition) is 7. The number of nitrogens with one attached hydrogen (secondary N) is 1. The number of nitrogens with two attached hydrogens (primary N) is 1. The van der Waals surface area contributed by atoms with Gasteiger partial charge in [-0.2, -0.15) is 13.2 Å². The molecule has 3 N–H and O–H groups in total. The number of halogens is 4. The molecule has 0 spiro atoms. The average molecular weight is 522 g/mol. The maximum atomic E-state index is 14.5. The molecule has 3 aromatic rings. The van der Waals surface area contributed by atoms with Gasteiger partial charge in [-0.1, -0.05) is 0 Å². The fourth-order valence-electron chi connectivity index (χ4n) is 3.76. The zero-order valence-corrected chi connectivity index (χ0v) is 19.4. The van der Waals surface area contributed by atoms with Crippen molar-refractivity contribution in [1.82, 2.24) is 15.3 Å². The maximum Gasteiger partial charge on any atom is 0.408 e. The van der Waals surface area contributed by atoms with E-state index in [1.165, 1.54) is 30.6 Å². The Balaban J connectivity index is 1.92. The lowest BCUT2D eigenvalue weighted by atomic mass is 9.78. The van der Waals surface area contributed by atoms with Crippen molar-refractivity contribution in [2.45, 2.75) is 23.9 Å². The van der Waals surface area contributed by atoms with E-state index in [2.05, 4.69) is 15.3 Å². The Bertz CT molecular complexity index is 1330. The van der Waals surface area contributed by atoms with Gasteiger partial charge in [0.25, 0.3) is 5.91 Å². The number of thiazole rings is 1. The molecular formula is C23H18F4N4O4S. The number of aromatic nitrogens is 2. The quantitative estimate of drug-likeness (QED) is 0.363. The first kappa shape index (κ1) is 25.2. The Morgan fingerprint density at radius 1 is 1.28 bits per heavy atom. The van der Waals surface area contributed by atoms with Crippen LogP contribution < -0.4 is 15.8 Å². The minimum atomic E-state index is -5.21. The van der Waals surface area contributed by atoms with Gasteiger partial charge >= 0.3 is 6.18 Å². The van der Waals surface area contributed by atoms with Crippen LogP contribution in [0.2, 0.25) is 0 Å². The van der Waals surface area contributed by atoms with Crippen LogP contribution in [0.3, 0.4) is 0 Å². The zero-order valence-electron chi connectivity index (χ0n) is 18.6. The number of hydrogen-bond donors (Lipinski definition) is 2. The van der Waals surface area contributed by atoms with Crippen molar-refractivity contribution in [3.8, 4) is 17.0 Å². The lowest BCUT2D eigenvalue weighted by Crippen LogP contribution is -2.53. The highest BCUT2D eigenvalue weighted by molar-refractivity contribution is 7.11. The van der Waals surface area contributed by atoms with E-state index in [4.69, 9.17) is 10.5 Å². The molecule has 1 aliphatic rings. The summed E-state index contributed by atoms with van der Waals surface area (Å²) in [6, 6.07) is 5.63. The van der Waals surface area contributed by atoms with Gasteiger partial charge in [0.2, 0.25) is 5.91 Å². The van der Waals surface area contributed by atoms with Crippen molar-refractivity contribution in [3.63, 3.8) is 0 Å². The lowest BCUT2D eigenvalue weighted by Gasteiger charge is -2.31. The summed E-state index contributed by atoms with van der Waals surface area (Å²) in [6.07, 6.45) is -4.26. The SMILES string of the molecule is C[C@]1(C(N)=O)COc2c1cc([C@@](C=O)(CNC(=O)c1nccs1)C(F)(F)F)nc2-c1ccc(F)cc1. The molecule has 1 aromatic carbocycles. The number of fused-ring (bicyclic) bond motifs is 1. The Morgan fingerprint density at radius 3 is 2.53 bits per heavy atom. The van der Waals surface area contributed by atoms with E-state index in [-0.39, 0.29) is 40.5 Å². The van der Waals surface area contributed by atoms with Crippen LogP contribution in [0.25, 0.3) is 11.3 Å². The summed E-state index contributed by atoms with van der Waals surface area (Å²) in [5.74, 6) is -2.40. The smallest absolute Gasteiger partial charge is 0.408 e. The van der Waals surface area contributed by atoms with E-state index in [1.807, 2.05) is 0 Å².